The van der Waals surface area contributed by atoms with Gasteiger partial charge in [0.1, 0.15) is 0 Å². The molecule has 17 heavy (non-hydrogen) atoms. The topological polar surface area (TPSA) is 84.5 Å². The summed E-state index contributed by atoms with van der Waals surface area (Å²) in [6, 6.07) is -0.608. The molecule has 0 spiro atoms. The number of carbonyl (C=O) groups excluding carboxylic acids is 3. The van der Waals surface area contributed by atoms with Crippen LogP contribution >= 0.6 is 0 Å². The van der Waals surface area contributed by atoms with E-state index in [2.05, 4.69) is 15.4 Å². The van der Waals surface area contributed by atoms with Crippen LogP contribution in [0, 0.1) is 5.92 Å². The van der Waals surface area contributed by atoms with Gasteiger partial charge in [0.05, 0.1) is 5.92 Å². The van der Waals surface area contributed by atoms with Crippen molar-refractivity contribution in [3.05, 3.63) is 0 Å². The molecule has 0 rings (SSSR count). The number of carbonyl (C=O) groups is 3. The second-order valence-electron chi connectivity index (χ2n) is 5.01. The first kappa shape index (κ1) is 15.4. The minimum absolute atomic E-state index is 0.300. The van der Waals surface area contributed by atoms with Crippen molar-refractivity contribution in [2.75, 3.05) is 6.61 Å². The fourth-order valence-corrected chi connectivity index (χ4v) is 0.838. The number of ether oxygens (including phenoxy) is 1. The lowest BCUT2D eigenvalue weighted by Gasteiger charge is -2.20. The van der Waals surface area contributed by atoms with Gasteiger partial charge in [-0.05, 0) is 20.8 Å². The Morgan fingerprint density at radius 1 is 1.18 bits per heavy atom. The van der Waals surface area contributed by atoms with E-state index in [1.54, 1.807) is 34.6 Å². The molecule has 6 nitrogen and oxygen atoms in total. The summed E-state index contributed by atoms with van der Waals surface area (Å²) in [7, 11) is 0. The van der Waals surface area contributed by atoms with Gasteiger partial charge in [-0.2, -0.15) is 0 Å². The molecule has 98 valence electrons. The Labute approximate surface area is 101 Å². The van der Waals surface area contributed by atoms with Crippen LogP contribution in [0.5, 0.6) is 0 Å². The molecule has 2 N–H and O–H groups in total. The van der Waals surface area contributed by atoms with Crippen molar-refractivity contribution < 1.29 is 19.1 Å². The molecule has 3 amide bonds. The standard InChI is InChI=1S/C11H20N2O4/c1-7(2)9(15)17-6-8(14)12-10(16)13-11(3,4)5/h7H,6H2,1-5H3,(H2,12,13,14,16). The zero-order valence-corrected chi connectivity index (χ0v) is 10.9. The predicted molar refractivity (Wildman–Crippen MR) is 62.2 cm³/mol. The van der Waals surface area contributed by atoms with E-state index in [4.69, 9.17) is 0 Å². The van der Waals surface area contributed by atoms with Crippen molar-refractivity contribution in [1.82, 2.24) is 10.6 Å². The van der Waals surface area contributed by atoms with Gasteiger partial charge in [0.15, 0.2) is 6.61 Å². The molecule has 0 aliphatic heterocycles. The van der Waals surface area contributed by atoms with Gasteiger partial charge in [0, 0.05) is 5.54 Å². The zero-order chi connectivity index (χ0) is 13.6. The number of nitrogens with one attached hydrogen (secondary N) is 2. The van der Waals surface area contributed by atoms with Gasteiger partial charge in [0.25, 0.3) is 5.91 Å². The Morgan fingerprint density at radius 3 is 2.12 bits per heavy atom. The maximum Gasteiger partial charge on any atom is 0.321 e. The summed E-state index contributed by atoms with van der Waals surface area (Å²) in [6.07, 6.45) is 0. The summed E-state index contributed by atoms with van der Waals surface area (Å²) < 4.78 is 4.67. The average molecular weight is 244 g/mol. The van der Waals surface area contributed by atoms with Crippen LogP contribution in [-0.2, 0) is 14.3 Å². The quantitative estimate of drug-likeness (QED) is 0.719. The average Bonchev–Trinajstić information content (AvgIpc) is 2.10. The molecule has 0 heterocycles. The van der Waals surface area contributed by atoms with Crippen molar-refractivity contribution in [3.8, 4) is 0 Å². The molecule has 0 aromatic carbocycles. The molecule has 6 heteroatoms. The number of amides is 3. The maximum absolute atomic E-state index is 11.3. The molecule has 0 unspecified atom stereocenters. The summed E-state index contributed by atoms with van der Waals surface area (Å²) in [4.78, 5) is 33.5. The third-order valence-corrected chi connectivity index (χ3v) is 1.56. The number of rotatable bonds is 3. The summed E-state index contributed by atoms with van der Waals surface area (Å²) in [5.74, 6) is -1.43. The van der Waals surface area contributed by atoms with Gasteiger partial charge in [0.2, 0.25) is 0 Å². The van der Waals surface area contributed by atoms with Crippen molar-refractivity contribution in [2.45, 2.75) is 40.2 Å². The first-order valence-corrected chi connectivity index (χ1v) is 5.40. The van der Waals surface area contributed by atoms with E-state index in [1.165, 1.54) is 0 Å². The Balaban J connectivity index is 3.95. The third-order valence-electron chi connectivity index (χ3n) is 1.56. The third kappa shape index (κ3) is 8.24. The molecule has 0 atom stereocenters. The van der Waals surface area contributed by atoms with E-state index in [9.17, 15) is 14.4 Å². The number of urea groups is 1. The van der Waals surface area contributed by atoms with Crippen molar-refractivity contribution >= 4 is 17.9 Å². The van der Waals surface area contributed by atoms with Crippen LogP contribution in [0.4, 0.5) is 4.79 Å². The SMILES string of the molecule is CC(C)C(=O)OCC(=O)NC(=O)NC(C)(C)C. The second-order valence-corrected chi connectivity index (χ2v) is 5.01. The Hall–Kier alpha value is -1.59. The highest BCUT2D eigenvalue weighted by atomic mass is 16.5. The molecule has 0 aromatic heterocycles. The van der Waals surface area contributed by atoms with Crippen LogP contribution in [-0.4, -0.2) is 30.1 Å². The van der Waals surface area contributed by atoms with Crippen LogP contribution in [0.1, 0.15) is 34.6 Å². The highest BCUT2D eigenvalue weighted by Gasteiger charge is 2.17. The van der Waals surface area contributed by atoms with E-state index in [0.29, 0.717) is 0 Å². The molecule has 0 aromatic rings. The minimum atomic E-state index is -0.652. The molecule has 0 saturated carbocycles. The van der Waals surface area contributed by atoms with Crippen molar-refractivity contribution in [1.29, 1.82) is 0 Å². The molecular weight excluding hydrogens is 224 g/mol. The second kappa shape index (κ2) is 6.22. The zero-order valence-electron chi connectivity index (χ0n) is 10.9. The predicted octanol–water partition coefficient (Wildman–Crippen LogP) is 0.810. The van der Waals surface area contributed by atoms with Crippen molar-refractivity contribution in [3.63, 3.8) is 0 Å². The van der Waals surface area contributed by atoms with Gasteiger partial charge in [-0.25, -0.2) is 4.79 Å². The minimum Gasteiger partial charge on any atom is -0.455 e. The Morgan fingerprint density at radius 2 is 1.71 bits per heavy atom. The van der Waals surface area contributed by atoms with Crippen molar-refractivity contribution in [2.24, 2.45) is 5.92 Å². The molecule has 0 aliphatic carbocycles. The lowest BCUT2D eigenvalue weighted by Crippen LogP contribution is -2.49. The first-order chi connectivity index (χ1) is 7.61. The van der Waals surface area contributed by atoms with E-state index in [1.807, 2.05) is 0 Å². The van der Waals surface area contributed by atoms with Crippen LogP contribution in [0.2, 0.25) is 0 Å². The summed E-state index contributed by atoms with van der Waals surface area (Å²) in [5.41, 5.74) is -0.432. The van der Waals surface area contributed by atoms with E-state index >= 15 is 0 Å². The number of esters is 1. The summed E-state index contributed by atoms with van der Waals surface area (Å²) in [5, 5.41) is 4.61. The molecule has 0 radical (unpaired) electrons. The summed E-state index contributed by atoms with van der Waals surface area (Å²) >= 11 is 0. The van der Waals surface area contributed by atoms with E-state index in [0.717, 1.165) is 0 Å². The van der Waals surface area contributed by atoms with E-state index < -0.39 is 30.1 Å². The number of imide groups is 1. The van der Waals surface area contributed by atoms with Gasteiger partial charge < -0.3 is 10.1 Å². The largest absolute Gasteiger partial charge is 0.455 e. The Bertz CT molecular complexity index is 305. The van der Waals surface area contributed by atoms with Crippen LogP contribution in [0.3, 0.4) is 0 Å². The number of hydrogen-bond donors (Lipinski definition) is 2. The monoisotopic (exact) mass is 244 g/mol. The lowest BCUT2D eigenvalue weighted by atomic mass is 10.1. The van der Waals surface area contributed by atoms with Crippen LogP contribution < -0.4 is 10.6 Å². The highest BCUT2D eigenvalue weighted by Crippen LogP contribution is 1.97. The normalized spacial score (nSPS) is 10.9. The summed E-state index contributed by atoms with van der Waals surface area (Å²) in [6.45, 7) is 8.23. The van der Waals surface area contributed by atoms with Crippen LogP contribution in [0.25, 0.3) is 0 Å². The lowest BCUT2D eigenvalue weighted by molar-refractivity contribution is -0.151. The van der Waals surface area contributed by atoms with Gasteiger partial charge >= 0.3 is 12.0 Å². The van der Waals surface area contributed by atoms with Crippen LogP contribution in [0.15, 0.2) is 0 Å². The van der Waals surface area contributed by atoms with E-state index in [-0.39, 0.29) is 5.92 Å². The molecular formula is C11H20N2O4. The highest BCUT2D eigenvalue weighted by molar-refractivity contribution is 5.95. The first-order valence-electron chi connectivity index (χ1n) is 5.40. The molecule has 0 fully saturated rings. The molecule has 0 saturated heterocycles. The van der Waals surface area contributed by atoms with Gasteiger partial charge in [-0.3, -0.25) is 14.9 Å². The molecule has 0 bridgehead atoms. The van der Waals surface area contributed by atoms with Gasteiger partial charge in [-0.1, -0.05) is 13.8 Å². The smallest absolute Gasteiger partial charge is 0.321 e. The molecule has 0 aliphatic rings. The number of hydrogen-bond acceptors (Lipinski definition) is 4. The fraction of sp³-hybridized carbons (Fsp3) is 0.727. The Kier molecular flexibility index (Phi) is 5.64. The maximum atomic E-state index is 11.3. The fourth-order valence-electron chi connectivity index (χ4n) is 0.838. The van der Waals surface area contributed by atoms with Gasteiger partial charge in [-0.15, -0.1) is 0 Å².